The molecule has 0 spiro atoms. The predicted molar refractivity (Wildman–Crippen MR) is 123 cm³/mol. The van der Waals surface area contributed by atoms with E-state index in [0.717, 1.165) is 30.0 Å². The smallest absolute Gasteiger partial charge is 0.278 e. The molecule has 0 aliphatic rings. The second-order valence-electron chi connectivity index (χ2n) is 6.75. The quantitative estimate of drug-likeness (QED) is 0.373. The summed E-state index contributed by atoms with van der Waals surface area (Å²) in [6, 6.07) is 15.4. The van der Waals surface area contributed by atoms with Crippen molar-refractivity contribution in [2.24, 2.45) is 0 Å². The van der Waals surface area contributed by atoms with Crippen molar-refractivity contribution >= 4 is 48.9 Å². The van der Waals surface area contributed by atoms with Crippen molar-refractivity contribution in [2.75, 3.05) is 16.2 Å². The second-order valence-corrected chi connectivity index (χ2v) is 12.1. The van der Waals surface area contributed by atoms with Crippen molar-refractivity contribution in [1.29, 1.82) is 0 Å². The molecule has 0 aromatic heterocycles. The van der Waals surface area contributed by atoms with Gasteiger partial charge in [-0.05, 0) is 54.6 Å². The fraction of sp³-hybridized carbons (Fsp3) is 0.143. The van der Waals surface area contributed by atoms with Gasteiger partial charge in [0.25, 0.3) is 10.0 Å². The van der Waals surface area contributed by atoms with Crippen LogP contribution in [0.1, 0.15) is 5.56 Å². The van der Waals surface area contributed by atoms with E-state index in [4.69, 9.17) is 11.6 Å². The molecule has 3 rings (SSSR count). The monoisotopic (exact) mass is 535 g/mol. The zero-order valence-corrected chi connectivity index (χ0v) is 19.9. The Kier molecular flexibility index (Phi) is 7.67. The Balaban J connectivity index is 1.75. The standard InChI is InChI=1S/C21H17ClF3NO4S3/c22-16-8-10-17(11-9-16)32(27,28)13-12-31-20-7-2-1-6-19(20)26-33(29,30)18-5-3-4-15(14-18)21(23,24)25/h1-11,14,26H,12-13H2. The SMILES string of the molecule is O=S(=O)(CCSc1ccccc1NS(=O)(=O)c1cccc(C(F)(F)F)c1)c1ccc(Cl)cc1. The molecule has 33 heavy (non-hydrogen) atoms. The van der Waals surface area contributed by atoms with Gasteiger partial charge in [0.05, 0.1) is 26.8 Å². The van der Waals surface area contributed by atoms with Gasteiger partial charge < -0.3 is 0 Å². The van der Waals surface area contributed by atoms with E-state index in [1.165, 1.54) is 30.3 Å². The lowest BCUT2D eigenvalue weighted by atomic mass is 10.2. The van der Waals surface area contributed by atoms with Crippen LogP contribution in [0.5, 0.6) is 0 Å². The van der Waals surface area contributed by atoms with Crippen LogP contribution in [0.15, 0.2) is 87.5 Å². The number of para-hydroxylation sites is 1. The summed E-state index contributed by atoms with van der Waals surface area (Å²) in [6.07, 6.45) is -4.69. The Bertz CT molecular complexity index is 1340. The van der Waals surface area contributed by atoms with Gasteiger partial charge in [0.15, 0.2) is 9.84 Å². The van der Waals surface area contributed by atoms with Crippen molar-refractivity contribution in [3.63, 3.8) is 0 Å². The van der Waals surface area contributed by atoms with E-state index in [1.54, 1.807) is 18.2 Å². The summed E-state index contributed by atoms with van der Waals surface area (Å²) in [5.41, 5.74) is -0.954. The molecule has 3 aromatic rings. The molecule has 0 aliphatic heterocycles. The van der Waals surface area contributed by atoms with E-state index in [9.17, 15) is 30.0 Å². The van der Waals surface area contributed by atoms with E-state index in [0.29, 0.717) is 16.0 Å². The maximum atomic E-state index is 13.0. The lowest BCUT2D eigenvalue weighted by molar-refractivity contribution is -0.137. The maximum absolute atomic E-state index is 13.0. The molecule has 1 N–H and O–H groups in total. The fourth-order valence-corrected chi connectivity index (χ4v) is 6.72. The third-order valence-corrected chi connectivity index (χ3v) is 9.07. The molecule has 3 aromatic carbocycles. The van der Waals surface area contributed by atoms with Crippen LogP contribution in [0.3, 0.4) is 0 Å². The zero-order valence-electron chi connectivity index (χ0n) is 16.7. The minimum Gasteiger partial charge on any atom is -0.278 e. The Morgan fingerprint density at radius 3 is 2.18 bits per heavy atom. The molecule has 12 heteroatoms. The molecule has 0 saturated heterocycles. The van der Waals surface area contributed by atoms with Crippen LogP contribution in [0, 0.1) is 0 Å². The van der Waals surface area contributed by atoms with Crippen LogP contribution in [0.25, 0.3) is 0 Å². The topological polar surface area (TPSA) is 80.3 Å². The number of hydrogen-bond acceptors (Lipinski definition) is 5. The number of benzene rings is 3. The van der Waals surface area contributed by atoms with Crippen LogP contribution >= 0.6 is 23.4 Å². The molecule has 0 amide bonds. The largest absolute Gasteiger partial charge is 0.416 e. The van der Waals surface area contributed by atoms with Gasteiger partial charge >= 0.3 is 6.18 Å². The van der Waals surface area contributed by atoms with Gasteiger partial charge in [-0.2, -0.15) is 13.2 Å². The lowest BCUT2D eigenvalue weighted by Gasteiger charge is -2.14. The average Bonchev–Trinajstić information content (AvgIpc) is 2.74. The van der Waals surface area contributed by atoms with E-state index in [2.05, 4.69) is 4.72 Å². The molecule has 0 bridgehead atoms. The van der Waals surface area contributed by atoms with Gasteiger partial charge in [-0.15, -0.1) is 11.8 Å². The first-order chi connectivity index (χ1) is 15.4. The van der Waals surface area contributed by atoms with Gasteiger partial charge in [0.2, 0.25) is 0 Å². The Morgan fingerprint density at radius 2 is 1.52 bits per heavy atom. The number of rotatable bonds is 8. The lowest BCUT2D eigenvalue weighted by Crippen LogP contribution is -2.15. The summed E-state index contributed by atoms with van der Waals surface area (Å²) in [4.78, 5) is 0.00726. The van der Waals surface area contributed by atoms with E-state index in [-0.39, 0.29) is 22.1 Å². The van der Waals surface area contributed by atoms with Crippen LogP contribution in [0.2, 0.25) is 5.02 Å². The fourth-order valence-electron chi connectivity index (χ4n) is 2.74. The maximum Gasteiger partial charge on any atom is 0.416 e. The number of sulfone groups is 1. The first-order valence-corrected chi connectivity index (χ1v) is 13.8. The molecule has 0 radical (unpaired) electrons. The first-order valence-electron chi connectivity index (χ1n) is 9.29. The second kappa shape index (κ2) is 9.96. The molecule has 0 unspecified atom stereocenters. The third kappa shape index (κ3) is 6.66. The molecular formula is C21H17ClF3NO4S3. The molecule has 176 valence electrons. The Hall–Kier alpha value is -2.21. The summed E-state index contributed by atoms with van der Waals surface area (Å²) < 4.78 is 91.5. The summed E-state index contributed by atoms with van der Waals surface area (Å²) >= 11 is 6.88. The minimum atomic E-state index is -4.69. The number of nitrogens with one attached hydrogen (secondary N) is 1. The molecule has 0 heterocycles. The van der Waals surface area contributed by atoms with Crippen molar-refractivity contribution in [2.45, 2.75) is 20.9 Å². The van der Waals surface area contributed by atoms with Crippen LogP contribution < -0.4 is 4.72 Å². The van der Waals surface area contributed by atoms with Gasteiger partial charge in [0.1, 0.15) is 0 Å². The number of anilines is 1. The van der Waals surface area contributed by atoms with Gasteiger partial charge in [-0.3, -0.25) is 4.72 Å². The summed E-state index contributed by atoms with van der Waals surface area (Å²) in [5, 5.41) is 0.408. The van der Waals surface area contributed by atoms with Gasteiger partial charge in [-0.25, -0.2) is 16.8 Å². The zero-order chi connectivity index (χ0) is 24.3. The van der Waals surface area contributed by atoms with Crippen molar-refractivity contribution in [3.05, 3.63) is 83.4 Å². The van der Waals surface area contributed by atoms with Gasteiger partial charge in [0, 0.05) is 15.7 Å². The molecule has 0 aliphatic carbocycles. The van der Waals surface area contributed by atoms with E-state index in [1.807, 2.05) is 0 Å². The average molecular weight is 536 g/mol. The van der Waals surface area contributed by atoms with Gasteiger partial charge in [-0.1, -0.05) is 29.8 Å². The molecule has 0 atom stereocenters. The number of thioether (sulfide) groups is 1. The summed E-state index contributed by atoms with van der Waals surface area (Å²) in [6.45, 7) is 0. The van der Waals surface area contributed by atoms with E-state index < -0.39 is 36.5 Å². The number of alkyl halides is 3. The number of halogens is 4. The highest BCUT2D eigenvalue weighted by atomic mass is 35.5. The molecular weight excluding hydrogens is 519 g/mol. The summed E-state index contributed by atoms with van der Waals surface area (Å²) in [5.74, 6) is -0.0960. The van der Waals surface area contributed by atoms with E-state index >= 15 is 0 Å². The van der Waals surface area contributed by atoms with Crippen molar-refractivity contribution < 1.29 is 30.0 Å². The Labute approximate surface area is 198 Å². The first kappa shape index (κ1) is 25.4. The number of sulfonamides is 1. The van der Waals surface area contributed by atoms with Crippen molar-refractivity contribution in [1.82, 2.24) is 0 Å². The van der Waals surface area contributed by atoms with Crippen molar-refractivity contribution in [3.8, 4) is 0 Å². The minimum absolute atomic E-state index is 0.117. The normalized spacial score (nSPS) is 12.5. The molecule has 0 fully saturated rings. The third-order valence-electron chi connectivity index (χ3n) is 4.39. The predicted octanol–water partition coefficient (Wildman–Crippen LogP) is 5.73. The highest BCUT2D eigenvalue weighted by molar-refractivity contribution is 8.01. The highest BCUT2D eigenvalue weighted by Gasteiger charge is 2.31. The van der Waals surface area contributed by atoms with Crippen LogP contribution in [-0.4, -0.2) is 28.3 Å². The van der Waals surface area contributed by atoms with Crippen LogP contribution in [0.4, 0.5) is 18.9 Å². The summed E-state index contributed by atoms with van der Waals surface area (Å²) in [7, 11) is -7.89. The Morgan fingerprint density at radius 1 is 0.848 bits per heavy atom. The van der Waals surface area contributed by atoms with Crippen LogP contribution in [-0.2, 0) is 26.0 Å². The number of hydrogen-bond donors (Lipinski definition) is 1. The molecule has 5 nitrogen and oxygen atoms in total. The highest BCUT2D eigenvalue weighted by Crippen LogP contribution is 2.32. The molecule has 0 saturated carbocycles.